The third kappa shape index (κ3) is 3.68. The lowest BCUT2D eigenvalue weighted by Gasteiger charge is -2.38. The van der Waals surface area contributed by atoms with Crippen molar-refractivity contribution >= 4 is 23.6 Å². The van der Waals surface area contributed by atoms with Gasteiger partial charge < -0.3 is 14.5 Å². The lowest BCUT2D eigenvalue weighted by Crippen LogP contribution is -2.56. The molecule has 0 aromatic carbocycles. The molecule has 2 heterocycles. The predicted octanol–water partition coefficient (Wildman–Crippen LogP) is 2.10. The van der Waals surface area contributed by atoms with Crippen LogP contribution in [0.25, 0.3) is 0 Å². The van der Waals surface area contributed by atoms with Gasteiger partial charge >= 0.3 is 0 Å². The van der Waals surface area contributed by atoms with Crippen molar-refractivity contribution in [3.63, 3.8) is 0 Å². The van der Waals surface area contributed by atoms with Crippen molar-refractivity contribution in [1.82, 2.24) is 9.80 Å². The van der Waals surface area contributed by atoms with Crippen molar-refractivity contribution in [3.8, 4) is 0 Å². The fourth-order valence-corrected chi connectivity index (χ4v) is 5.15. The Morgan fingerprint density at radius 1 is 1.13 bits per heavy atom. The first kappa shape index (κ1) is 17.1. The maximum absolute atomic E-state index is 13.1. The molecule has 4 atom stereocenters. The van der Waals surface area contributed by atoms with E-state index in [1.165, 1.54) is 0 Å². The molecule has 3 rings (SSSR count). The van der Waals surface area contributed by atoms with Gasteiger partial charge in [0, 0.05) is 24.8 Å². The number of nitrogens with zero attached hydrogens (tertiary/aromatic N) is 2. The van der Waals surface area contributed by atoms with Gasteiger partial charge in [-0.3, -0.25) is 9.59 Å². The second-order valence-corrected chi connectivity index (χ2v) is 8.32. The van der Waals surface area contributed by atoms with Crippen LogP contribution in [0.15, 0.2) is 0 Å². The number of amides is 2. The van der Waals surface area contributed by atoms with Crippen LogP contribution in [0.1, 0.15) is 46.5 Å². The predicted molar refractivity (Wildman–Crippen MR) is 91.1 cm³/mol. The summed E-state index contributed by atoms with van der Waals surface area (Å²) in [6, 6.07) is -0.276. The number of carbonyl (C=O) groups is 2. The van der Waals surface area contributed by atoms with Gasteiger partial charge in [0.05, 0.1) is 17.6 Å². The summed E-state index contributed by atoms with van der Waals surface area (Å²) in [4.78, 5) is 29.6. The highest BCUT2D eigenvalue weighted by Crippen LogP contribution is 2.39. The zero-order valence-corrected chi connectivity index (χ0v) is 15.2. The minimum Gasteiger partial charge on any atom is -0.372 e. The summed E-state index contributed by atoms with van der Waals surface area (Å²) >= 11 is 1.78. The van der Waals surface area contributed by atoms with Crippen molar-refractivity contribution in [2.75, 3.05) is 18.8 Å². The molecule has 4 unspecified atom stereocenters. The van der Waals surface area contributed by atoms with Gasteiger partial charge in [-0.25, -0.2) is 0 Å². The standard InChI is InChI=1S/C17H28N2O3S/c1-4-5-15-19(16(20)13-6-7-13)14(10-23-15)17(21)18-8-11(2)22-12(3)9-18/h11-15H,4-10H2,1-3H3. The molecule has 0 aromatic heterocycles. The van der Waals surface area contributed by atoms with Gasteiger partial charge in [0.2, 0.25) is 11.8 Å². The molecule has 0 N–H and O–H groups in total. The summed E-state index contributed by atoms with van der Waals surface area (Å²) in [5, 5.41) is 0.179. The molecule has 0 bridgehead atoms. The highest BCUT2D eigenvalue weighted by molar-refractivity contribution is 8.00. The van der Waals surface area contributed by atoms with Crippen molar-refractivity contribution in [2.24, 2.45) is 5.92 Å². The Morgan fingerprint density at radius 2 is 1.78 bits per heavy atom. The van der Waals surface area contributed by atoms with Gasteiger partial charge in [-0.1, -0.05) is 13.3 Å². The van der Waals surface area contributed by atoms with Gasteiger partial charge in [-0.05, 0) is 33.1 Å². The molecule has 5 nitrogen and oxygen atoms in total. The van der Waals surface area contributed by atoms with Crippen LogP contribution in [0.4, 0.5) is 0 Å². The molecule has 130 valence electrons. The Hall–Kier alpha value is -0.750. The first-order chi connectivity index (χ1) is 11.0. The molecule has 0 spiro atoms. The molecule has 3 fully saturated rings. The minimum atomic E-state index is -0.276. The second kappa shape index (κ2) is 7.01. The normalized spacial score (nSPS) is 34.7. The number of ether oxygens (including phenoxy) is 1. The topological polar surface area (TPSA) is 49.9 Å². The monoisotopic (exact) mass is 340 g/mol. The average molecular weight is 340 g/mol. The first-order valence-electron chi connectivity index (χ1n) is 8.89. The number of hydrogen-bond donors (Lipinski definition) is 0. The molecule has 0 radical (unpaired) electrons. The van der Waals surface area contributed by atoms with Crippen LogP contribution in [0, 0.1) is 5.92 Å². The highest BCUT2D eigenvalue weighted by atomic mass is 32.2. The molecular weight excluding hydrogens is 312 g/mol. The molecule has 1 saturated carbocycles. The van der Waals surface area contributed by atoms with E-state index in [1.807, 2.05) is 23.6 Å². The maximum Gasteiger partial charge on any atom is 0.246 e. The summed E-state index contributed by atoms with van der Waals surface area (Å²) < 4.78 is 5.73. The number of rotatable bonds is 4. The van der Waals surface area contributed by atoms with E-state index in [9.17, 15) is 9.59 Å². The summed E-state index contributed by atoms with van der Waals surface area (Å²) in [7, 11) is 0. The molecule has 2 amide bonds. The van der Waals surface area contributed by atoms with Crippen molar-refractivity contribution in [3.05, 3.63) is 0 Å². The number of thioether (sulfide) groups is 1. The SMILES string of the molecule is CCCC1SCC(C(=O)N2CC(C)OC(C)C2)N1C(=O)C1CC1. The Labute approximate surface area is 143 Å². The van der Waals surface area contributed by atoms with Crippen LogP contribution in [-0.4, -0.2) is 64.1 Å². The van der Waals surface area contributed by atoms with Crippen molar-refractivity contribution in [2.45, 2.75) is 70.1 Å². The van der Waals surface area contributed by atoms with Crippen LogP contribution in [-0.2, 0) is 14.3 Å². The van der Waals surface area contributed by atoms with Gasteiger partial charge in [-0.2, -0.15) is 0 Å². The molecular formula is C17H28N2O3S. The summed E-state index contributed by atoms with van der Waals surface area (Å²) in [6.45, 7) is 7.42. The molecule has 1 aliphatic carbocycles. The Bertz CT molecular complexity index is 459. The third-order valence-corrected chi connectivity index (χ3v) is 6.18. The first-order valence-corrected chi connectivity index (χ1v) is 9.94. The van der Waals surface area contributed by atoms with Crippen molar-refractivity contribution in [1.29, 1.82) is 0 Å². The lowest BCUT2D eigenvalue weighted by molar-refractivity contribution is -0.153. The quantitative estimate of drug-likeness (QED) is 0.786. The largest absolute Gasteiger partial charge is 0.372 e. The molecule has 0 aromatic rings. The van der Waals surface area contributed by atoms with Crippen LogP contribution in [0.3, 0.4) is 0 Å². The smallest absolute Gasteiger partial charge is 0.246 e. The van der Waals surface area contributed by atoms with Crippen LogP contribution in [0.5, 0.6) is 0 Å². The lowest BCUT2D eigenvalue weighted by atomic mass is 10.1. The molecule has 23 heavy (non-hydrogen) atoms. The number of hydrogen-bond acceptors (Lipinski definition) is 4. The minimum absolute atomic E-state index is 0.0655. The Morgan fingerprint density at radius 3 is 2.35 bits per heavy atom. The fourth-order valence-electron chi connectivity index (χ4n) is 3.63. The number of morpholine rings is 1. The maximum atomic E-state index is 13.1. The van der Waals surface area contributed by atoms with E-state index in [2.05, 4.69) is 6.92 Å². The molecule has 2 aliphatic heterocycles. The fraction of sp³-hybridized carbons (Fsp3) is 0.882. The van der Waals surface area contributed by atoms with E-state index in [4.69, 9.17) is 4.74 Å². The molecule has 3 aliphatic rings. The molecule has 6 heteroatoms. The van der Waals surface area contributed by atoms with Gasteiger partial charge in [0.25, 0.3) is 0 Å². The number of carbonyl (C=O) groups excluding carboxylic acids is 2. The van der Waals surface area contributed by atoms with Gasteiger partial charge in [-0.15, -0.1) is 11.8 Å². The van der Waals surface area contributed by atoms with E-state index in [0.717, 1.165) is 31.4 Å². The van der Waals surface area contributed by atoms with Crippen LogP contribution < -0.4 is 0 Å². The van der Waals surface area contributed by atoms with E-state index in [-0.39, 0.29) is 41.4 Å². The van der Waals surface area contributed by atoms with Crippen molar-refractivity contribution < 1.29 is 14.3 Å². The third-order valence-electron chi connectivity index (χ3n) is 4.83. The summed E-state index contributed by atoms with van der Waals surface area (Å²) in [5.74, 6) is 1.24. The summed E-state index contributed by atoms with van der Waals surface area (Å²) in [5.41, 5.74) is 0. The van der Waals surface area contributed by atoms with Gasteiger partial charge in [0.15, 0.2) is 0 Å². The second-order valence-electron chi connectivity index (χ2n) is 7.11. The zero-order valence-electron chi connectivity index (χ0n) is 14.4. The van der Waals surface area contributed by atoms with Crippen LogP contribution >= 0.6 is 11.8 Å². The van der Waals surface area contributed by atoms with E-state index < -0.39 is 0 Å². The highest BCUT2D eigenvalue weighted by Gasteiger charge is 2.47. The van der Waals surface area contributed by atoms with E-state index in [1.54, 1.807) is 11.8 Å². The summed E-state index contributed by atoms with van der Waals surface area (Å²) in [6.07, 6.45) is 4.13. The van der Waals surface area contributed by atoms with Gasteiger partial charge in [0.1, 0.15) is 6.04 Å². The van der Waals surface area contributed by atoms with E-state index >= 15 is 0 Å². The van der Waals surface area contributed by atoms with Crippen LogP contribution in [0.2, 0.25) is 0 Å². The van der Waals surface area contributed by atoms with E-state index in [0.29, 0.717) is 13.1 Å². The average Bonchev–Trinajstić information content (AvgIpc) is 3.26. The Kier molecular flexibility index (Phi) is 5.21. The molecule has 2 saturated heterocycles. The zero-order chi connectivity index (χ0) is 16.6. The Balaban J connectivity index is 1.73.